The highest BCUT2D eigenvalue weighted by Gasteiger charge is 2.51. The fourth-order valence-electron chi connectivity index (χ4n) is 8.11. The molecule has 0 aromatic heterocycles. The van der Waals surface area contributed by atoms with Crippen molar-refractivity contribution in [2.45, 2.75) is 114 Å². The Labute approximate surface area is 233 Å². The molecular weight excluding hydrogens is 521 g/mol. The molecule has 1 atom stereocenters. The number of hydrogen-bond donors (Lipinski definition) is 3. The van der Waals surface area contributed by atoms with E-state index in [1.807, 2.05) is 12.1 Å². The number of benzene rings is 1. The van der Waals surface area contributed by atoms with Gasteiger partial charge in [0.15, 0.2) is 0 Å². The molecule has 218 valence electrons. The number of rotatable bonds is 8. The van der Waals surface area contributed by atoms with Gasteiger partial charge in [-0.1, -0.05) is 12.5 Å². The van der Waals surface area contributed by atoms with Crippen LogP contribution in [0.25, 0.3) is 0 Å². The normalized spacial score (nSPS) is 30.1. The predicted octanol–water partition coefficient (Wildman–Crippen LogP) is 5.05. The molecule has 7 nitrogen and oxygen atoms in total. The van der Waals surface area contributed by atoms with Crippen LogP contribution in [0.2, 0.25) is 0 Å². The lowest BCUT2D eigenvalue weighted by Gasteiger charge is -2.57. The van der Waals surface area contributed by atoms with E-state index in [0.29, 0.717) is 29.9 Å². The molecule has 4 fully saturated rings. The van der Waals surface area contributed by atoms with E-state index in [-0.39, 0.29) is 36.4 Å². The third-order valence-electron chi connectivity index (χ3n) is 10.3. The Balaban J connectivity index is 1.17. The monoisotopic (exact) mass is 560 g/mol. The van der Waals surface area contributed by atoms with Gasteiger partial charge >= 0.3 is 6.18 Å². The van der Waals surface area contributed by atoms with Crippen LogP contribution in [-0.2, 0) is 16.1 Å². The maximum Gasteiger partial charge on any atom is 0.390 e. The van der Waals surface area contributed by atoms with Gasteiger partial charge < -0.3 is 15.5 Å². The van der Waals surface area contributed by atoms with Crippen LogP contribution >= 0.6 is 0 Å². The second-order valence-electron chi connectivity index (χ2n) is 13.1. The van der Waals surface area contributed by atoms with Gasteiger partial charge in [0.1, 0.15) is 6.04 Å². The molecule has 2 aliphatic heterocycles. The molecular formula is C30H39F3N4O3. The number of carbonyl (C=O) groups is 3. The third kappa shape index (κ3) is 5.48. The zero-order valence-electron chi connectivity index (χ0n) is 22.9. The predicted molar refractivity (Wildman–Crippen MR) is 143 cm³/mol. The molecule has 1 saturated heterocycles. The summed E-state index contributed by atoms with van der Waals surface area (Å²) in [4.78, 5) is 39.1. The molecule has 1 spiro atoms. The van der Waals surface area contributed by atoms with E-state index in [1.54, 1.807) is 11.0 Å². The Kier molecular flexibility index (Phi) is 7.12. The number of halogens is 3. The van der Waals surface area contributed by atoms with Crippen molar-refractivity contribution in [1.82, 2.24) is 15.5 Å². The number of anilines is 1. The molecule has 3 aliphatic carbocycles. The molecule has 2 heterocycles. The Morgan fingerprint density at radius 2 is 1.77 bits per heavy atom. The lowest BCUT2D eigenvalue weighted by atomic mass is 9.50. The lowest BCUT2D eigenvalue weighted by molar-refractivity contribution is -0.137. The van der Waals surface area contributed by atoms with E-state index in [4.69, 9.17) is 0 Å². The minimum absolute atomic E-state index is 0.0514. The second kappa shape index (κ2) is 10.3. The number of piperidine rings is 1. The maximum atomic E-state index is 13.4. The van der Waals surface area contributed by atoms with Crippen molar-refractivity contribution in [2.24, 2.45) is 11.3 Å². The maximum absolute atomic E-state index is 13.4. The first kappa shape index (κ1) is 27.5. The standard InChI is InChI=1S/C30H39F3N4O3/c31-30(32,33)13-14-34-20-7-11-29(12-8-20,17-19-15-28(16-19)9-2-10-28)36-23-4-1-3-21-22(23)18-37(27(21)40)24-5-6-25(38)35-26(24)39/h1,3-4,19-20,24,34,36H,2,5-18H2,(H,35,38,39). The van der Waals surface area contributed by atoms with E-state index in [2.05, 4.69) is 16.0 Å². The van der Waals surface area contributed by atoms with Crippen molar-refractivity contribution < 1.29 is 27.6 Å². The van der Waals surface area contributed by atoms with E-state index in [9.17, 15) is 27.6 Å². The average Bonchev–Trinajstić information content (AvgIpc) is 3.18. The number of fused-ring (bicyclic) bond motifs is 1. The van der Waals surface area contributed by atoms with Crippen LogP contribution in [0.4, 0.5) is 18.9 Å². The Morgan fingerprint density at radius 3 is 2.42 bits per heavy atom. The fourth-order valence-corrected chi connectivity index (χ4v) is 8.11. The summed E-state index contributed by atoms with van der Waals surface area (Å²) in [5.41, 5.74) is 2.75. The van der Waals surface area contributed by atoms with Gasteiger partial charge in [-0.15, -0.1) is 0 Å². The number of nitrogens with zero attached hydrogens (tertiary/aromatic N) is 1. The molecule has 3 saturated carbocycles. The van der Waals surface area contributed by atoms with E-state index < -0.39 is 24.5 Å². The van der Waals surface area contributed by atoms with Crippen LogP contribution < -0.4 is 16.0 Å². The van der Waals surface area contributed by atoms with Crippen molar-refractivity contribution >= 4 is 23.4 Å². The topological polar surface area (TPSA) is 90.5 Å². The smallest absolute Gasteiger partial charge is 0.379 e. The molecule has 3 N–H and O–H groups in total. The molecule has 0 bridgehead atoms. The lowest BCUT2D eigenvalue weighted by Crippen LogP contribution is -2.52. The molecule has 6 rings (SSSR count). The van der Waals surface area contributed by atoms with Crippen LogP contribution in [0, 0.1) is 11.3 Å². The van der Waals surface area contributed by atoms with Crippen molar-refractivity contribution in [1.29, 1.82) is 0 Å². The Morgan fingerprint density at radius 1 is 1.02 bits per heavy atom. The summed E-state index contributed by atoms with van der Waals surface area (Å²) in [6.07, 6.45) is 6.44. The summed E-state index contributed by atoms with van der Waals surface area (Å²) in [5.74, 6) is -0.279. The Bertz CT molecular complexity index is 1170. The summed E-state index contributed by atoms with van der Waals surface area (Å²) in [7, 11) is 0. The molecule has 10 heteroatoms. The van der Waals surface area contributed by atoms with Gasteiger partial charge in [-0.3, -0.25) is 19.7 Å². The summed E-state index contributed by atoms with van der Waals surface area (Å²) in [6.45, 7) is 0.262. The molecule has 1 aromatic rings. The number of hydrogen-bond acceptors (Lipinski definition) is 5. The SMILES string of the molecule is O=C1CCC(N2Cc3c(NC4(CC5CC6(CCC6)C5)CCC(NCCC(F)(F)F)CC4)cccc3C2=O)C(=O)N1. The number of nitrogens with one attached hydrogen (secondary N) is 3. The summed E-state index contributed by atoms with van der Waals surface area (Å²) < 4.78 is 38.0. The van der Waals surface area contributed by atoms with Crippen LogP contribution in [0.3, 0.4) is 0 Å². The van der Waals surface area contributed by atoms with Crippen LogP contribution in [-0.4, -0.2) is 53.0 Å². The summed E-state index contributed by atoms with van der Waals surface area (Å²) in [5, 5.41) is 9.37. The average molecular weight is 561 g/mol. The van der Waals surface area contributed by atoms with E-state index in [1.165, 1.54) is 32.1 Å². The van der Waals surface area contributed by atoms with Gasteiger partial charge in [0.25, 0.3) is 5.91 Å². The van der Waals surface area contributed by atoms with Gasteiger partial charge in [-0.2, -0.15) is 13.2 Å². The second-order valence-corrected chi connectivity index (χ2v) is 13.1. The first-order chi connectivity index (χ1) is 19.0. The van der Waals surface area contributed by atoms with Gasteiger partial charge in [-0.25, -0.2) is 0 Å². The molecule has 1 aromatic carbocycles. The van der Waals surface area contributed by atoms with Crippen molar-refractivity contribution in [3.63, 3.8) is 0 Å². The van der Waals surface area contributed by atoms with Gasteiger partial charge in [-0.05, 0) is 87.7 Å². The molecule has 40 heavy (non-hydrogen) atoms. The third-order valence-corrected chi connectivity index (χ3v) is 10.3. The highest BCUT2D eigenvalue weighted by molar-refractivity contribution is 6.06. The number of carbonyl (C=O) groups excluding carboxylic acids is 3. The zero-order chi connectivity index (χ0) is 28.1. The van der Waals surface area contributed by atoms with Crippen LogP contribution in [0.1, 0.15) is 99.4 Å². The fraction of sp³-hybridized carbons (Fsp3) is 0.700. The van der Waals surface area contributed by atoms with Gasteiger partial charge in [0.05, 0.1) is 6.42 Å². The largest absolute Gasteiger partial charge is 0.390 e. The highest BCUT2D eigenvalue weighted by Crippen LogP contribution is 2.61. The number of alkyl halides is 3. The molecule has 3 amide bonds. The van der Waals surface area contributed by atoms with Crippen molar-refractivity contribution in [3.8, 4) is 0 Å². The van der Waals surface area contributed by atoms with Gasteiger partial charge in [0.2, 0.25) is 11.8 Å². The quantitative estimate of drug-likeness (QED) is 0.387. The van der Waals surface area contributed by atoms with E-state index >= 15 is 0 Å². The first-order valence-electron chi connectivity index (χ1n) is 14.9. The zero-order valence-corrected chi connectivity index (χ0v) is 22.9. The molecule has 1 unspecified atom stereocenters. The van der Waals surface area contributed by atoms with Crippen LogP contribution in [0.5, 0.6) is 0 Å². The molecule has 0 radical (unpaired) electrons. The minimum atomic E-state index is -4.15. The number of amides is 3. The first-order valence-corrected chi connectivity index (χ1v) is 14.9. The Hall–Kier alpha value is -2.62. The van der Waals surface area contributed by atoms with Crippen molar-refractivity contribution in [2.75, 3.05) is 11.9 Å². The number of imide groups is 1. The van der Waals surface area contributed by atoms with Gasteiger partial charge in [0, 0.05) is 47.9 Å². The van der Waals surface area contributed by atoms with E-state index in [0.717, 1.165) is 43.4 Å². The van der Waals surface area contributed by atoms with Crippen molar-refractivity contribution in [3.05, 3.63) is 29.3 Å². The summed E-state index contributed by atoms with van der Waals surface area (Å²) in [6, 6.07) is 5.09. The van der Waals surface area contributed by atoms with Crippen LogP contribution in [0.15, 0.2) is 18.2 Å². The molecule has 5 aliphatic rings. The highest BCUT2D eigenvalue weighted by atomic mass is 19.4. The minimum Gasteiger partial charge on any atom is -0.379 e. The summed E-state index contributed by atoms with van der Waals surface area (Å²) >= 11 is 0.